The second-order valence-electron chi connectivity index (χ2n) is 5.66. The quantitative estimate of drug-likeness (QED) is 0.726. The van der Waals surface area contributed by atoms with Crippen molar-refractivity contribution < 1.29 is 4.79 Å². The van der Waals surface area contributed by atoms with Gasteiger partial charge in [0, 0.05) is 18.4 Å². The average molecular weight is 345 g/mol. The molecule has 0 saturated heterocycles. The van der Waals surface area contributed by atoms with Crippen LogP contribution >= 0.6 is 11.8 Å². The van der Waals surface area contributed by atoms with Gasteiger partial charge < -0.3 is 5.32 Å². The Kier molecular flexibility index (Phi) is 4.27. The second kappa shape index (κ2) is 6.23. The first-order valence-electron chi connectivity index (χ1n) is 7.49. The predicted molar refractivity (Wildman–Crippen MR) is 92.3 cm³/mol. The fraction of sp³-hybridized carbons (Fsp3) is 0.400. The van der Waals surface area contributed by atoms with Crippen LogP contribution in [0.1, 0.15) is 22.8 Å². The van der Waals surface area contributed by atoms with Crippen LogP contribution in [0, 0.1) is 27.7 Å². The number of hydrogen-bond donors (Lipinski definition) is 1. The Morgan fingerprint density at radius 3 is 2.67 bits per heavy atom. The number of nitrogens with zero attached hydrogens (tertiary/aromatic N) is 6. The summed E-state index contributed by atoms with van der Waals surface area (Å²) in [5.41, 5.74) is 4.38. The molecule has 0 aromatic carbocycles. The summed E-state index contributed by atoms with van der Waals surface area (Å²) in [5.74, 6) is 0.685. The van der Waals surface area contributed by atoms with Gasteiger partial charge in [-0.1, -0.05) is 11.8 Å². The topological polar surface area (TPSA) is 90.0 Å². The van der Waals surface area contributed by atoms with Crippen LogP contribution in [-0.2, 0) is 11.8 Å². The lowest BCUT2D eigenvalue weighted by molar-refractivity contribution is -0.113. The highest BCUT2D eigenvalue weighted by Crippen LogP contribution is 2.21. The first-order valence-corrected chi connectivity index (χ1v) is 8.47. The minimum absolute atomic E-state index is 0.103. The summed E-state index contributed by atoms with van der Waals surface area (Å²) in [4.78, 5) is 16.6. The molecule has 0 aliphatic rings. The summed E-state index contributed by atoms with van der Waals surface area (Å²) in [6.07, 6.45) is 0. The monoisotopic (exact) mass is 345 g/mol. The van der Waals surface area contributed by atoms with Crippen LogP contribution in [0.5, 0.6) is 0 Å². The fourth-order valence-corrected chi connectivity index (χ4v) is 3.34. The molecule has 3 heterocycles. The van der Waals surface area contributed by atoms with Gasteiger partial charge in [-0.15, -0.1) is 10.2 Å². The van der Waals surface area contributed by atoms with E-state index < -0.39 is 0 Å². The van der Waals surface area contributed by atoms with Gasteiger partial charge in [-0.3, -0.25) is 13.9 Å². The van der Waals surface area contributed by atoms with Crippen molar-refractivity contribution in [3.05, 3.63) is 28.8 Å². The third-order valence-corrected chi connectivity index (χ3v) is 4.70. The number of nitrogens with one attached hydrogen (secondary N) is 1. The minimum atomic E-state index is -0.103. The Balaban J connectivity index is 1.73. The molecule has 8 nitrogen and oxygen atoms in total. The van der Waals surface area contributed by atoms with Crippen LogP contribution in [0.3, 0.4) is 0 Å². The molecule has 0 unspecified atom stereocenters. The molecule has 0 fully saturated rings. The second-order valence-corrected chi connectivity index (χ2v) is 6.61. The van der Waals surface area contributed by atoms with Gasteiger partial charge in [0.2, 0.25) is 5.91 Å². The number of anilines is 1. The van der Waals surface area contributed by atoms with E-state index in [1.54, 1.807) is 4.68 Å². The zero-order valence-corrected chi connectivity index (χ0v) is 15.1. The molecule has 0 radical (unpaired) electrons. The van der Waals surface area contributed by atoms with Gasteiger partial charge in [-0.05, 0) is 33.8 Å². The lowest BCUT2D eigenvalue weighted by atomic mass is 10.3. The number of thioether (sulfide) groups is 1. The minimum Gasteiger partial charge on any atom is -0.322 e. The van der Waals surface area contributed by atoms with Gasteiger partial charge in [0.1, 0.15) is 0 Å². The molecule has 3 aromatic rings. The molecule has 0 bridgehead atoms. The largest absolute Gasteiger partial charge is 0.322 e. The maximum absolute atomic E-state index is 12.3. The molecule has 0 atom stereocenters. The van der Waals surface area contributed by atoms with Gasteiger partial charge in [0.25, 0.3) is 5.78 Å². The van der Waals surface area contributed by atoms with E-state index >= 15 is 0 Å². The summed E-state index contributed by atoms with van der Waals surface area (Å²) < 4.78 is 3.60. The maximum atomic E-state index is 12.3. The van der Waals surface area contributed by atoms with Crippen molar-refractivity contribution in [1.29, 1.82) is 0 Å². The summed E-state index contributed by atoms with van der Waals surface area (Å²) in [7, 11) is 1.85. The summed E-state index contributed by atoms with van der Waals surface area (Å²) in [6.45, 7) is 7.68. The molecular formula is C15H19N7OS. The van der Waals surface area contributed by atoms with Crippen molar-refractivity contribution in [1.82, 2.24) is 29.4 Å². The SMILES string of the molecule is Cc1cc(C)n2c(SCC(=O)Nc3c(C)nn(C)c3C)nnc2n1. The van der Waals surface area contributed by atoms with E-state index in [1.165, 1.54) is 11.8 Å². The molecule has 1 N–H and O–H groups in total. The van der Waals surface area contributed by atoms with Crippen molar-refractivity contribution in [2.24, 2.45) is 7.05 Å². The summed E-state index contributed by atoms with van der Waals surface area (Å²) in [5, 5.41) is 16.1. The smallest absolute Gasteiger partial charge is 0.256 e. The number of aryl methyl sites for hydroxylation is 4. The molecule has 3 aromatic heterocycles. The Morgan fingerprint density at radius 1 is 1.25 bits per heavy atom. The van der Waals surface area contributed by atoms with Crippen molar-refractivity contribution >= 4 is 29.1 Å². The molecular weight excluding hydrogens is 326 g/mol. The van der Waals surface area contributed by atoms with E-state index in [2.05, 4.69) is 25.6 Å². The van der Waals surface area contributed by atoms with Crippen LogP contribution < -0.4 is 5.32 Å². The summed E-state index contributed by atoms with van der Waals surface area (Å²) in [6, 6.07) is 1.96. The standard InChI is InChI=1S/C15H19N7OS/c1-8-6-9(2)22-14(16-8)18-19-15(22)24-7-12(23)17-13-10(3)20-21(5)11(13)4/h6H,7H2,1-5H3,(H,17,23). The van der Waals surface area contributed by atoms with Crippen LogP contribution in [-0.4, -0.2) is 41.0 Å². The van der Waals surface area contributed by atoms with Crippen molar-refractivity contribution in [3.63, 3.8) is 0 Å². The van der Waals surface area contributed by atoms with Gasteiger partial charge in [0.15, 0.2) is 5.16 Å². The van der Waals surface area contributed by atoms with Crippen LogP contribution in [0.4, 0.5) is 5.69 Å². The van der Waals surface area contributed by atoms with E-state index in [1.807, 2.05) is 45.2 Å². The van der Waals surface area contributed by atoms with Gasteiger partial charge in [0.05, 0.1) is 22.8 Å². The Morgan fingerprint density at radius 2 is 2.00 bits per heavy atom. The zero-order chi connectivity index (χ0) is 17.4. The van der Waals surface area contributed by atoms with Crippen molar-refractivity contribution in [3.8, 4) is 0 Å². The first kappa shape index (κ1) is 16.4. The third-order valence-electron chi connectivity index (χ3n) is 3.77. The molecule has 3 rings (SSSR count). The number of aromatic nitrogens is 6. The number of carbonyl (C=O) groups excluding carboxylic acids is 1. The first-order chi connectivity index (χ1) is 11.4. The van der Waals surface area contributed by atoms with Gasteiger partial charge >= 0.3 is 0 Å². The number of fused-ring (bicyclic) bond motifs is 1. The van der Waals surface area contributed by atoms with E-state index in [0.717, 1.165) is 28.5 Å². The molecule has 0 aliphatic carbocycles. The highest BCUT2D eigenvalue weighted by Gasteiger charge is 2.15. The molecule has 0 aliphatic heterocycles. The lowest BCUT2D eigenvalue weighted by Crippen LogP contribution is -2.15. The normalized spacial score (nSPS) is 11.2. The molecule has 0 spiro atoms. The summed E-state index contributed by atoms with van der Waals surface area (Å²) >= 11 is 1.33. The molecule has 126 valence electrons. The van der Waals surface area contributed by atoms with E-state index in [-0.39, 0.29) is 11.7 Å². The number of amides is 1. The third kappa shape index (κ3) is 2.99. The Labute approximate surface area is 143 Å². The van der Waals surface area contributed by atoms with E-state index in [0.29, 0.717) is 10.9 Å². The van der Waals surface area contributed by atoms with E-state index in [4.69, 9.17) is 0 Å². The van der Waals surface area contributed by atoms with Crippen LogP contribution in [0.2, 0.25) is 0 Å². The van der Waals surface area contributed by atoms with Crippen molar-refractivity contribution in [2.75, 3.05) is 11.1 Å². The highest BCUT2D eigenvalue weighted by atomic mass is 32.2. The Bertz CT molecular complexity index is 928. The fourth-order valence-electron chi connectivity index (χ4n) is 2.55. The number of rotatable bonds is 4. The maximum Gasteiger partial charge on any atom is 0.256 e. The average Bonchev–Trinajstić information content (AvgIpc) is 3.01. The predicted octanol–water partition coefficient (Wildman–Crippen LogP) is 1.82. The van der Waals surface area contributed by atoms with Gasteiger partial charge in [-0.25, -0.2) is 4.98 Å². The highest BCUT2D eigenvalue weighted by molar-refractivity contribution is 7.99. The molecule has 0 saturated carbocycles. The van der Waals surface area contributed by atoms with Crippen LogP contribution in [0.15, 0.2) is 11.2 Å². The molecule has 9 heteroatoms. The lowest BCUT2D eigenvalue weighted by Gasteiger charge is -2.06. The number of carbonyl (C=O) groups is 1. The van der Waals surface area contributed by atoms with Crippen molar-refractivity contribution in [2.45, 2.75) is 32.9 Å². The van der Waals surface area contributed by atoms with E-state index in [9.17, 15) is 4.79 Å². The molecule has 24 heavy (non-hydrogen) atoms. The van der Waals surface area contributed by atoms with Crippen LogP contribution in [0.25, 0.3) is 5.78 Å². The van der Waals surface area contributed by atoms with Gasteiger partial charge in [-0.2, -0.15) is 5.10 Å². The zero-order valence-electron chi connectivity index (χ0n) is 14.3. The number of hydrogen-bond acceptors (Lipinski definition) is 6. The Hall–Kier alpha value is -2.42. The molecule has 1 amide bonds.